The van der Waals surface area contributed by atoms with E-state index in [0.29, 0.717) is 11.7 Å². The molecule has 3 fully saturated rings. The summed E-state index contributed by atoms with van der Waals surface area (Å²) in [4.78, 5) is 27.3. The summed E-state index contributed by atoms with van der Waals surface area (Å²) in [5.74, 6) is 1.26. The van der Waals surface area contributed by atoms with Crippen LogP contribution in [0.15, 0.2) is 11.3 Å². The van der Waals surface area contributed by atoms with E-state index in [1.807, 2.05) is 18.7 Å². The van der Waals surface area contributed by atoms with E-state index >= 15 is 0 Å². The second-order valence-electron chi connectivity index (χ2n) is 12.0. The van der Waals surface area contributed by atoms with E-state index in [2.05, 4.69) is 39.2 Å². The molecule has 1 saturated carbocycles. The summed E-state index contributed by atoms with van der Waals surface area (Å²) < 4.78 is 6.62. The lowest BCUT2D eigenvalue weighted by atomic mass is 9.70. The first-order valence-corrected chi connectivity index (χ1v) is 16.8. The summed E-state index contributed by atoms with van der Waals surface area (Å²) in [6.07, 6.45) is 5.42. The van der Waals surface area contributed by atoms with Crippen LogP contribution in [0.25, 0.3) is 0 Å². The van der Waals surface area contributed by atoms with Crippen LogP contribution in [-0.2, 0) is 14.0 Å². The number of thioether (sulfide) groups is 1. The van der Waals surface area contributed by atoms with Gasteiger partial charge >= 0.3 is 5.97 Å². The molecule has 0 radical (unpaired) electrons. The highest BCUT2D eigenvalue weighted by atomic mass is 32.2. The van der Waals surface area contributed by atoms with Crippen molar-refractivity contribution in [1.82, 2.24) is 10.2 Å². The Kier molecular flexibility index (Phi) is 7.14. The number of rotatable bonds is 8. The normalized spacial score (nSPS) is 33.1. The van der Waals surface area contributed by atoms with Crippen molar-refractivity contribution in [2.45, 2.75) is 96.1 Å². The number of nitrogens with zero attached hydrogens (tertiary/aromatic N) is 1. The van der Waals surface area contributed by atoms with Crippen LogP contribution in [0.1, 0.15) is 59.8 Å². The molecule has 0 spiro atoms. The molecule has 6 nitrogen and oxygen atoms in total. The first-order chi connectivity index (χ1) is 15.4. The fourth-order valence-corrected chi connectivity index (χ4v) is 8.89. The molecule has 0 unspecified atom stereocenters. The Morgan fingerprint density at radius 3 is 2.58 bits per heavy atom. The number of carbonyl (C=O) groups excluding carboxylic acids is 1. The van der Waals surface area contributed by atoms with Crippen molar-refractivity contribution < 1.29 is 19.1 Å². The second kappa shape index (κ2) is 9.32. The van der Waals surface area contributed by atoms with Gasteiger partial charge in [0.1, 0.15) is 5.70 Å². The van der Waals surface area contributed by atoms with Crippen molar-refractivity contribution in [3.05, 3.63) is 11.3 Å². The topological polar surface area (TPSA) is 78.9 Å². The van der Waals surface area contributed by atoms with Crippen LogP contribution in [-0.4, -0.2) is 66.4 Å². The molecule has 1 amide bonds. The highest BCUT2D eigenvalue weighted by Crippen LogP contribution is 2.55. The highest BCUT2D eigenvalue weighted by molar-refractivity contribution is 7.99. The summed E-state index contributed by atoms with van der Waals surface area (Å²) in [5.41, 5.74) is 1.36. The fraction of sp³-hybridized carbons (Fsp3) is 0.840. The fourth-order valence-electron chi connectivity index (χ4n) is 6.13. The van der Waals surface area contributed by atoms with Crippen LogP contribution in [0.3, 0.4) is 0 Å². The molecule has 8 heteroatoms. The van der Waals surface area contributed by atoms with Crippen LogP contribution in [0.5, 0.6) is 0 Å². The van der Waals surface area contributed by atoms with Crippen molar-refractivity contribution in [3.8, 4) is 0 Å². The van der Waals surface area contributed by atoms with Crippen LogP contribution in [0, 0.1) is 17.8 Å². The molecule has 3 aliphatic heterocycles. The van der Waals surface area contributed by atoms with Gasteiger partial charge in [0.25, 0.3) is 0 Å². The minimum Gasteiger partial charge on any atom is -0.477 e. The predicted octanol–water partition coefficient (Wildman–Crippen LogP) is 4.48. The van der Waals surface area contributed by atoms with Crippen molar-refractivity contribution in [2.24, 2.45) is 17.8 Å². The van der Waals surface area contributed by atoms with E-state index in [1.165, 1.54) is 12.8 Å². The second-order valence-corrected chi connectivity index (χ2v) is 17.8. The standard InChI is InChI=1S/C25H42N2O4SSi/c1-15(31-33(5,6)25(2,3)4)19-21-18-11-7-9-16(13-32-14-17-10-8-12-26-17)20(18)22(24(29)30)27(21)23(19)28/h15-19,21,26H,7-14H2,1-6H3,(H,29,30)/t15-,16+,17+,18+,19-,21-/m1/s1. The first-order valence-electron chi connectivity index (χ1n) is 12.7. The van der Waals surface area contributed by atoms with Gasteiger partial charge in [-0.1, -0.05) is 27.2 Å². The van der Waals surface area contributed by atoms with Crippen LogP contribution < -0.4 is 5.32 Å². The SMILES string of the molecule is C[C@@H](O[Si](C)(C)C(C)(C)C)[C@H]1C(=O)N2C(C(=O)O)=C3[C@H](CSC[C@@H]4CCCN4)CCC[C@@H]3[C@H]12. The van der Waals surface area contributed by atoms with Gasteiger partial charge in [-0.25, -0.2) is 4.79 Å². The van der Waals surface area contributed by atoms with Gasteiger partial charge in [0, 0.05) is 17.7 Å². The van der Waals surface area contributed by atoms with E-state index in [-0.39, 0.29) is 40.8 Å². The van der Waals surface area contributed by atoms with E-state index in [4.69, 9.17) is 4.43 Å². The predicted molar refractivity (Wildman–Crippen MR) is 136 cm³/mol. The molecule has 6 atom stereocenters. The molecule has 186 valence electrons. The Balaban J connectivity index is 1.51. The van der Waals surface area contributed by atoms with Crippen molar-refractivity contribution in [1.29, 1.82) is 0 Å². The zero-order chi connectivity index (χ0) is 24.1. The van der Waals surface area contributed by atoms with E-state index in [1.54, 1.807) is 4.90 Å². The summed E-state index contributed by atoms with van der Waals surface area (Å²) in [5, 5.41) is 13.8. The smallest absolute Gasteiger partial charge is 0.352 e. The van der Waals surface area contributed by atoms with E-state index in [9.17, 15) is 14.7 Å². The Morgan fingerprint density at radius 1 is 1.24 bits per heavy atom. The molecule has 0 bridgehead atoms. The minimum absolute atomic E-state index is 0.0392. The molecule has 2 N–H and O–H groups in total. The number of hydrogen-bond donors (Lipinski definition) is 2. The van der Waals surface area contributed by atoms with Gasteiger partial charge in [0.2, 0.25) is 5.91 Å². The Hall–Kier alpha value is -0.833. The third-order valence-corrected chi connectivity index (χ3v) is 14.7. The molecular weight excluding hydrogens is 452 g/mol. The van der Waals surface area contributed by atoms with E-state index in [0.717, 1.165) is 42.9 Å². The average Bonchev–Trinajstić information content (AvgIpc) is 3.31. The van der Waals surface area contributed by atoms with Crippen molar-refractivity contribution >= 4 is 32.0 Å². The number of nitrogens with one attached hydrogen (secondary N) is 1. The van der Waals surface area contributed by atoms with Crippen LogP contribution >= 0.6 is 11.8 Å². The number of aliphatic carboxylic acids is 1. The van der Waals surface area contributed by atoms with Crippen molar-refractivity contribution in [3.63, 3.8) is 0 Å². The van der Waals surface area contributed by atoms with Gasteiger partial charge in [-0.05, 0) is 74.5 Å². The number of fused-ring (bicyclic) bond motifs is 3. The summed E-state index contributed by atoms with van der Waals surface area (Å²) >= 11 is 1.95. The third kappa shape index (κ3) is 4.57. The zero-order valence-electron chi connectivity index (χ0n) is 21.1. The molecule has 2 saturated heterocycles. The molecule has 0 aromatic heterocycles. The Labute approximate surface area is 204 Å². The number of amides is 1. The minimum atomic E-state index is -2.02. The van der Waals surface area contributed by atoms with E-state index < -0.39 is 14.3 Å². The van der Waals surface area contributed by atoms with Gasteiger partial charge < -0.3 is 19.7 Å². The van der Waals surface area contributed by atoms with Gasteiger partial charge in [-0.15, -0.1) is 0 Å². The zero-order valence-corrected chi connectivity index (χ0v) is 23.0. The Morgan fingerprint density at radius 2 is 1.97 bits per heavy atom. The van der Waals surface area contributed by atoms with Gasteiger partial charge in [-0.2, -0.15) is 11.8 Å². The number of carbonyl (C=O) groups is 2. The monoisotopic (exact) mass is 494 g/mol. The molecule has 3 heterocycles. The molecule has 1 aliphatic carbocycles. The maximum Gasteiger partial charge on any atom is 0.352 e. The van der Waals surface area contributed by atoms with Crippen LogP contribution in [0.2, 0.25) is 18.1 Å². The maximum atomic E-state index is 13.3. The molecular formula is C25H42N2O4SSi. The number of β-lactam (4-membered cyclic amide) rings is 1. The lowest BCUT2D eigenvalue weighted by Crippen LogP contribution is -2.65. The first kappa shape index (κ1) is 25.3. The lowest BCUT2D eigenvalue weighted by molar-refractivity contribution is -0.163. The summed E-state index contributed by atoms with van der Waals surface area (Å²) in [6.45, 7) is 14.2. The molecule has 4 aliphatic rings. The van der Waals surface area contributed by atoms with Gasteiger partial charge in [-0.3, -0.25) is 4.79 Å². The number of carboxylic acids is 1. The van der Waals surface area contributed by atoms with Crippen LogP contribution in [0.4, 0.5) is 0 Å². The molecule has 0 aromatic rings. The highest BCUT2D eigenvalue weighted by Gasteiger charge is 2.63. The lowest BCUT2D eigenvalue weighted by Gasteiger charge is -2.50. The average molecular weight is 495 g/mol. The van der Waals surface area contributed by atoms with Crippen molar-refractivity contribution in [2.75, 3.05) is 18.1 Å². The van der Waals surface area contributed by atoms with Gasteiger partial charge in [0.05, 0.1) is 18.1 Å². The number of hydrogen-bond acceptors (Lipinski definition) is 5. The Bertz CT molecular complexity index is 818. The molecule has 4 rings (SSSR count). The number of carboxylic acid groups (broad SMARTS) is 1. The summed E-state index contributed by atoms with van der Waals surface area (Å²) in [6, 6.07) is 0.549. The molecule has 33 heavy (non-hydrogen) atoms. The molecule has 0 aromatic carbocycles. The quantitative estimate of drug-likeness (QED) is 0.383. The largest absolute Gasteiger partial charge is 0.477 e. The third-order valence-electron chi connectivity index (χ3n) is 8.82. The van der Waals surface area contributed by atoms with Gasteiger partial charge in [0.15, 0.2) is 8.32 Å². The summed E-state index contributed by atoms with van der Waals surface area (Å²) in [7, 11) is -2.02. The maximum absolute atomic E-state index is 13.3.